The summed E-state index contributed by atoms with van der Waals surface area (Å²) in [5, 5.41) is 3.26. The first-order chi connectivity index (χ1) is 5.38. The first-order valence-electron chi connectivity index (χ1n) is 4.27. The van der Waals surface area contributed by atoms with Crippen molar-refractivity contribution in [3.05, 3.63) is 12.3 Å². The van der Waals surface area contributed by atoms with Gasteiger partial charge in [-0.05, 0) is 26.3 Å². The molecule has 1 atom stereocenters. The van der Waals surface area contributed by atoms with Crippen molar-refractivity contribution < 1.29 is 0 Å². The van der Waals surface area contributed by atoms with Gasteiger partial charge in [0.15, 0.2) is 0 Å². The molecule has 0 aromatic heterocycles. The van der Waals surface area contributed by atoms with Gasteiger partial charge in [0.2, 0.25) is 0 Å². The Morgan fingerprint density at radius 1 is 1.73 bits per heavy atom. The van der Waals surface area contributed by atoms with Gasteiger partial charge in [0, 0.05) is 18.0 Å². The maximum absolute atomic E-state index is 4.35. The minimum atomic E-state index is 0.486. The molecule has 2 nitrogen and oxygen atoms in total. The molecule has 0 saturated carbocycles. The number of nitrogens with one attached hydrogen (secondary N) is 1. The fourth-order valence-electron chi connectivity index (χ4n) is 1.39. The highest BCUT2D eigenvalue weighted by atomic mass is 14.9. The molecule has 0 aromatic carbocycles. The number of allylic oxidation sites excluding steroid dienone is 1. The molecule has 1 rings (SSSR count). The third kappa shape index (κ3) is 2.15. The molecule has 2 heteroatoms. The summed E-state index contributed by atoms with van der Waals surface area (Å²) in [6, 6.07) is 0.486. The molecule has 1 aliphatic rings. The second kappa shape index (κ2) is 4.29. The second-order valence-electron chi connectivity index (χ2n) is 2.79. The van der Waals surface area contributed by atoms with E-state index in [1.54, 1.807) is 0 Å². The fraction of sp³-hybridized carbons (Fsp3) is 0.667. The smallest absolute Gasteiger partial charge is 0.0450 e. The van der Waals surface area contributed by atoms with Gasteiger partial charge in [-0.2, -0.15) is 0 Å². The average Bonchev–Trinajstić information content (AvgIpc) is 2.09. The molecule has 0 aliphatic carbocycles. The van der Waals surface area contributed by atoms with Crippen molar-refractivity contribution in [2.75, 3.05) is 7.05 Å². The normalized spacial score (nSPS) is 19.6. The third-order valence-corrected chi connectivity index (χ3v) is 2.07. The Labute approximate surface area is 68.4 Å². The maximum Gasteiger partial charge on any atom is 0.0450 e. The number of hydrogen-bond donors (Lipinski definition) is 1. The van der Waals surface area contributed by atoms with Gasteiger partial charge in [-0.25, -0.2) is 0 Å². The third-order valence-electron chi connectivity index (χ3n) is 2.07. The van der Waals surface area contributed by atoms with Crippen molar-refractivity contribution in [3.63, 3.8) is 0 Å². The molecule has 1 N–H and O–H groups in total. The van der Waals surface area contributed by atoms with Crippen LogP contribution in [-0.2, 0) is 0 Å². The summed E-state index contributed by atoms with van der Waals surface area (Å²) in [5.74, 6) is 0. The van der Waals surface area contributed by atoms with Crippen LogP contribution in [0.2, 0.25) is 0 Å². The molecular formula is C9H16N2. The van der Waals surface area contributed by atoms with Crippen LogP contribution in [0.5, 0.6) is 0 Å². The summed E-state index contributed by atoms with van der Waals surface area (Å²) in [6.45, 7) is 2.18. The number of hydrogen-bond acceptors (Lipinski definition) is 2. The van der Waals surface area contributed by atoms with Gasteiger partial charge in [0.1, 0.15) is 0 Å². The lowest BCUT2D eigenvalue weighted by Crippen LogP contribution is -2.33. The Morgan fingerprint density at radius 3 is 3.00 bits per heavy atom. The minimum absolute atomic E-state index is 0.486. The van der Waals surface area contributed by atoms with Gasteiger partial charge >= 0.3 is 0 Å². The van der Waals surface area contributed by atoms with Gasteiger partial charge in [-0.3, -0.25) is 4.99 Å². The van der Waals surface area contributed by atoms with E-state index in [4.69, 9.17) is 0 Å². The van der Waals surface area contributed by atoms with Crippen LogP contribution in [0.4, 0.5) is 0 Å². The largest absolute Gasteiger partial charge is 0.312 e. The molecule has 0 saturated heterocycles. The molecule has 1 unspecified atom stereocenters. The average molecular weight is 152 g/mol. The highest BCUT2D eigenvalue weighted by Gasteiger charge is 2.11. The number of nitrogens with zero attached hydrogens (tertiary/aromatic N) is 1. The highest BCUT2D eigenvalue weighted by Crippen LogP contribution is 2.07. The second-order valence-corrected chi connectivity index (χ2v) is 2.79. The van der Waals surface area contributed by atoms with Gasteiger partial charge in [0.05, 0.1) is 0 Å². The quantitative estimate of drug-likeness (QED) is 0.654. The van der Waals surface area contributed by atoms with Crippen LogP contribution < -0.4 is 5.32 Å². The molecule has 62 valence electrons. The van der Waals surface area contributed by atoms with E-state index in [0.717, 1.165) is 19.3 Å². The Bertz CT molecular complexity index is 166. The zero-order chi connectivity index (χ0) is 8.10. The first kappa shape index (κ1) is 8.47. The number of aliphatic imine (C=N–C) groups is 1. The molecule has 0 radical (unpaired) electrons. The summed E-state index contributed by atoms with van der Waals surface area (Å²) in [6.07, 6.45) is 7.43. The van der Waals surface area contributed by atoms with E-state index >= 15 is 0 Å². The number of rotatable bonds is 3. The summed E-state index contributed by atoms with van der Waals surface area (Å²) < 4.78 is 0. The lowest BCUT2D eigenvalue weighted by Gasteiger charge is -2.17. The van der Waals surface area contributed by atoms with Crippen LogP contribution >= 0.6 is 0 Å². The summed E-state index contributed by atoms with van der Waals surface area (Å²) in [7, 11) is 2.00. The van der Waals surface area contributed by atoms with Gasteiger partial charge in [-0.15, -0.1) is 0 Å². The molecule has 0 aromatic rings. The van der Waals surface area contributed by atoms with Crippen LogP contribution in [-0.4, -0.2) is 18.8 Å². The Balaban J connectivity index is 2.56. The summed E-state index contributed by atoms with van der Waals surface area (Å²) in [5.41, 5.74) is 1.30. The van der Waals surface area contributed by atoms with Crippen LogP contribution in [0.1, 0.15) is 26.2 Å². The Morgan fingerprint density at radius 2 is 2.55 bits per heavy atom. The monoisotopic (exact) mass is 152 g/mol. The zero-order valence-electron chi connectivity index (χ0n) is 7.30. The van der Waals surface area contributed by atoms with E-state index in [-0.39, 0.29) is 0 Å². The minimum Gasteiger partial charge on any atom is -0.312 e. The standard InChI is InChI=1S/C9H16N2/c1-3-8(10-2)9-6-4-5-7-11-9/h5,7-8,10H,3-4,6H2,1-2H3. The van der Waals surface area contributed by atoms with Gasteiger partial charge in [0.25, 0.3) is 0 Å². The summed E-state index contributed by atoms with van der Waals surface area (Å²) in [4.78, 5) is 4.35. The molecule has 0 fully saturated rings. The maximum atomic E-state index is 4.35. The van der Waals surface area contributed by atoms with Gasteiger partial charge in [-0.1, -0.05) is 13.0 Å². The topological polar surface area (TPSA) is 24.4 Å². The van der Waals surface area contributed by atoms with Crippen molar-refractivity contribution in [1.82, 2.24) is 5.32 Å². The van der Waals surface area contributed by atoms with Crippen LogP contribution in [0.25, 0.3) is 0 Å². The van der Waals surface area contributed by atoms with Crippen molar-refractivity contribution in [3.8, 4) is 0 Å². The van der Waals surface area contributed by atoms with Crippen molar-refractivity contribution in [2.24, 2.45) is 4.99 Å². The first-order valence-corrected chi connectivity index (χ1v) is 4.27. The molecule has 0 bridgehead atoms. The summed E-state index contributed by atoms with van der Waals surface area (Å²) >= 11 is 0. The lowest BCUT2D eigenvalue weighted by molar-refractivity contribution is 0.664. The molecule has 11 heavy (non-hydrogen) atoms. The lowest BCUT2D eigenvalue weighted by atomic mass is 10.0. The van der Waals surface area contributed by atoms with Gasteiger partial charge < -0.3 is 5.32 Å². The van der Waals surface area contributed by atoms with Crippen LogP contribution in [0.3, 0.4) is 0 Å². The van der Waals surface area contributed by atoms with E-state index in [1.165, 1.54) is 5.71 Å². The predicted molar refractivity (Wildman–Crippen MR) is 48.9 cm³/mol. The van der Waals surface area contributed by atoms with E-state index in [1.807, 2.05) is 13.2 Å². The SMILES string of the molecule is CCC(NC)C1=NC=CCC1. The van der Waals surface area contributed by atoms with Crippen molar-refractivity contribution >= 4 is 5.71 Å². The zero-order valence-corrected chi connectivity index (χ0v) is 7.30. The molecule has 1 heterocycles. The molecule has 0 spiro atoms. The Hall–Kier alpha value is -0.630. The highest BCUT2D eigenvalue weighted by molar-refractivity contribution is 5.90. The molecule has 0 amide bonds. The van der Waals surface area contributed by atoms with Crippen LogP contribution in [0, 0.1) is 0 Å². The molecular weight excluding hydrogens is 136 g/mol. The van der Waals surface area contributed by atoms with E-state index in [2.05, 4.69) is 23.3 Å². The fourth-order valence-corrected chi connectivity index (χ4v) is 1.39. The predicted octanol–water partition coefficient (Wildman–Crippen LogP) is 1.73. The van der Waals surface area contributed by atoms with Crippen molar-refractivity contribution in [2.45, 2.75) is 32.2 Å². The van der Waals surface area contributed by atoms with E-state index in [0.29, 0.717) is 6.04 Å². The molecule has 1 aliphatic heterocycles. The van der Waals surface area contributed by atoms with E-state index < -0.39 is 0 Å². The van der Waals surface area contributed by atoms with E-state index in [9.17, 15) is 0 Å². The van der Waals surface area contributed by atoms with Crippen molar-refractivity contribution in [1.29, 1.82) is 0 Å². The van der Waals surface area contributed by atoms with Crippen LogP contribution in [0.15, 0.2) is 17.3 Å². The Kier molecular flexibility index (Phi) is 3.30.